The van der Waals surface area contributed by atoms with Crippen LogP contribution >= 0.6 is 11.6 Å². The highest BCUT2D eigenvalue weighted by molar-refractivity contribution is 6.33. The van der Waals surface area contributed by atoms with Gasteiger partial charge in [-0.25, -0.2) is 4.39 Å². The van der Waals surface area contributed by atoms with Gasteiger partial charge >= 0.3 is 0 Å². The van der Waals surface area contributed by atoms with Crippen molar-refractivity contribution in [2.75, 3.05) is 0 Å². The van der Waals surface area contributed by atoms with Gasteiger partial charge in [-0.15, -0.1) is 0 Å². The molecule has 30 heavy (non-hydrogen) atoms. The van der Waals surface area contributed by atoms with E-state index in [0.717, 1.165) is 27.8 Å². The summed E-state index contributed by atoms with van der Waals surface area (Å²) in [6.07, 6.45) is 0. The molecule has 4 aromatic rings. The molecule has 0 heterocycles. The van der Waals surface area contributed by atoms with Gasteiger partial charge < -0.3 is 0 Å². The first kappa shape index (κ1) is 20.4. The van der Waals surface area contributed by atoms with Crippen molar-refractivity contribution >= 4 is 11.6 Å². The van der Waals surface area contributed by atoms with E-state index in [1.807, 2.05) is 60.7 Å². The largest absolute Gasteiger partial charge is 0.206 e. The van der Waals surface area contributed by atoms with Crippen LogP contribution in [-0.2, 0) is 5.41 Å². The Kier molecular flexibility index (Phi) is 5.49. The molecule has 150 valence electrons. The zero-order chi connectivity index (χ0) is 21.3. The van der Waals surface area contributed by atoms with Crippen LogP contribution in [0.5, 0.6) is 0 Å². The minimum Gasteiger partial charge on any atom is -0.206 e. The molecule has 0 amide bonds. The fourth-order valence-corrected chi connectivity index (χ4v) is 3.95. The van der Waals surface area contributed by atoms with E-state index in [2.05, 4.69) is 45.0 Å². The first-order chi connectivity index (χ1) is 14.3. The van der Waals surface area contributed by atoms with Crippen LogP contribution in [0.3, 0.4) is 0 Å². The third-order valence-corrected chi connectivity index (χ3v) is 5.74. The van der Waals surface area contributed by atoms with Crippen molar-refractivity contribution in [3.05, 3.63) is 107 Å². The Bertz CT molecular complexity index is 1200. The highest BCUT2D eigenvalue weighted by Gasteiger charge is 2.16. The van der Waals surface area contributed by atoms with Gasteiger partial charge in [0.1, 0.15) is 5.82 Å². The Balaban J connectivity index is 1.87. The molecular weight excluding hydrogens is 391 g/mol. The fraction of sp³-hybridized carbons (Fsp3) is 0.143. The Morgan fingerprint density at radius 3 is 1.87 bits per heavy atom. The Hall–Kier alpha value is -2.90. The van der Waals surface area contributed by atoms with Crippen molar-refractivity contribution in [3.8, 4) is 33.4 Å². The third-order valence-electron chi connectivity index (χ3n) is 5.41. The van der Waals surface area contributed by atoms with Crippen molar-refractivity contribution < 1.29 is 4.39 Å². The molecule has 0 aliphatic heterocycles. The van der Waals surface area contributed by atoms with Crippen LogP contribution in [0, 0.1) is 5.82 Å². The van der Waals surface area contributed by atoms with Crippen molar-refractivity contribution in [1.29, 1.82) is 0 Å². The van der Waals surface area contributed by atoms with Gasteiger partial charge in [0.05, 0.1) is 0 Å². The SMILES string of the molecule is CC(C)(C)c1cccc(-c2ccc(F)c(-c3ccccc3-c3ccccc3Cl)c2)c1. The summed E-state index contributed by atoms with van der Waals surface area (Å²) in [5.41, 5.74) is 6.60. The van der Waals surface area contributed by atoms with Gasteiger partial charge in [-0.3, -0.25) is 0 Å². The second-order valence-corrected chi connectivity index (χ2v) is 8.96. The molecule has 4 rings (SSSR count). The lowest BCUT2D eigenvalue weighted by molar-refractivity contribution is 0.590. The lowest BCUT2D eigenvalue weighted by atomic mass is 9.85. The molecule has 0 atom stereocenters. The summed E-state index contributed by atoms with van der Waals surface area (Å²) in [4.78, 5) is 0. The molecule has 0 radical (unpaired) electrons. The van der Waals surface area contributed by atoms with Crippen molar-refractivity contribution in [3.63, 3.8) is 0 Å². The lowest BCUT2D eigenvalue weighted by Gasteiger charge is -2.20. The molecule has 0 spiro atoms. The normalized spacial score (nSPS) is 11.5. The maximum absolute atomic E-state index is 15.0. The van der Waals surface area contributed by atoms with Crippen LogP contribution in [0.1, 0.15) is 26.3 Å². The molecule has 0 aliphatic rings. The van der Waals surface area contributed by atoms with Crippen molar-refractivity contribution in [2.24, 2.45) is 0 Å². The second kappa shape index (κ2) is 8.08. The fourth-order valence-electron chi connectivity index (χ4n) is 3.71. The third kappa shape index (κ3) is 4.04. The van der Waals surface area contributed by atoms with E-state index in [0.29, 0.717) is 10.6 Å². The quantitative estimate of drug-likeness (QED) is 0.314. The number of benzene rings is 4. The van der Waals surface area contributed by atoms with E-state index >= 15 is 4.39 Å². The smallest absolute Gasteiger partial charge is 0.131 e. The molecule has 0 unspecified atom stereocenters. The highest BCUT2D eigenvalue weighted by Crippen LogP contribution is 2.38. The van der Waals surface area contributed by atoms with Crippen LogP contribution in [0.4, 0.5) is 4.39 Å². The molecular formula is C28H24ClF. The summed E-state index contributed by atoms with van der Waals surface area (Å²) in [6.45, 7) is 6.59. The molecule has 2 heteroatoms. The topological polar surface area (TPSA) is 0 Å². The summed E-state index contributed by atoms with van der Waals surface area (Å²) in [7, 11) is 0. The number of hydrogen-bond donors (Lipinski definition) is 0. The van der Waals surface area contributed by atoms with E-state index in [9.17, 15) is 0 Å². The van der Waals surface area contributed by atoms with Gasteiger partial charge in [-0.1, -0.05) is 105 Å². The molecule has 0 N–H and O–H groups in total. The average molecular weight is 415 g/mol. The first-order valence-corrected chi connectivity index (χ1v) is 10.5. The number of rotatable bonds is 3. The molecule has 0 saturated carbocycles. The van der Waals surface area contributed by atoms with Crippen LogP contribution < -0.4 is 0 Å². The van der Waals surface area contributed by atoms with Crippen LogP contribution in [0.2, 0.25) is 5.02 Å². The van der Waals surface area contributed by atoms with Gasteiger partial charge in [-0.05, 0) is 51.4 Å². The van der Waals surface area contributed by atoms with E-state index in [4.69, 9.17) is 11.6 Å². The number of hydrogen-bond acceptors (Lipinski definition) is 0. The molecule has 0 aromatic heterocycles. The molecule has 0 aliphatic carbocycles. The Morgan fingerprint density at radius 2 is 1.20 bits per heavy atom. The maximum atomic E-state index is 15.0. The van der Waals surface area contributed by atoms with E-state index in [-0.39, 0.29) is 11.2 Å². The predicted octanol–water partition coefficient (Wildman–Crippen LogP) is 8.78. The average Bonchev–Trinajstić information content (AvgIpc) is 2.74. The minimum atomic E-state index is -0.245. The van der Waals surface area contributed by atoms with Crippen LogP contribution in [-0.4, -0.2) is 0 Å². The zero-order valence-electron chi connectivity index (χ0n) is 17.4. The molecule has 0 saturated heterocycles. The molecule has 0 nitrogen and oxygen atoms in total. The highest BCUT2D eigenvalue weighted by atomic mass is 35.5. The van der Waals surface area contributed by atoms with Crippen molar-refractivity contribution in [2.45, 2.75) is 26.2 Å². The Labute approximate surface area is 183 Å². The summed E-state index contributed by atoms with van der Waals surface area (Å²) in [5, 5.41) is 0.652. The summed E-state index contributed by atoms with van der Waals surface area (Å²) in [6, 6.07) is 29.3. The van der Waals surface area contributed by atoms with Crippen LogP contribution in [0.25, 0.3) is 33.4 Å². The number of halogens is 2. The maximum Gasteiger partial charge on any atom is 0.131 e. The standard InChI is InChI=1S/C28H24ClF/c1-28(2,3)21-10-8-9-19(17-21)20-15-16-27(30)25(18-20)23-12-5-4-11-22(23)24-13-6-7-14-26(24)29/h4-18H,1-3H3. The van der Waals surface area contributed by atoms with Gasteiger partial charge in [0.25, 0.3) is 0 Å². The predicted molar refractivity (Wildman–Crippen MR) is 126 cm³/mol. The molecule has 0 fully saturated rings. The molecule has 4 aromatic carbocycles. The van der Waals surface area contributed by atoms with Gasteiger partial charge in [0.2, 0.25) is 0 Å². The lowest BCUT2D eigenvalue weighted by Crippen LogP contribution is -2.10. The second-order valence-electron chi connectivity index (χ2n) is 8.55. The minimum absolute atomic E-state index is 0.0511. The van der Waals surface area contributed by atoms with Crippen LogP contribution in [0.15, 0.2) is 91.0 Å². The van der Waals surface area contributed by atoms with Gasteiger partial charge in [0, 0.05) is 16.1 Å². The Morgan fingerprint density at radius 1 is 0.600 bits per heavy atom. The van der Waals surface area contributed by atoms with Gasteiger partial charge in [-0.2, -0.15) is 0 Å². The molecule has 0 bridgehead atoms. The zero-order valence-corrected chi connectivity index (χ0v) is 18.2. The van der Waals surface area contributed by atoms with E-state index in [1.165, 1.54) is 5.56 Å². The summed E-state index contributed by atoms with van der Waals surface area (Å²) >= 11 is 6.45. The summed E-state index contributed by atoms with van der Waals surface area (Å²) < 4.78 is 15.0. The summed E-state index contributed by atoms with van der Waals surface area (Å²) in [5.74, 6) is -0.245. The van der Waals surface area contributed by atoms with Crippen molar-refractivity contribution in [1.82, 2.24) is 0 Å². The first-order valence-electron chi connectivity index (χ1n) is 10.1. The van der Waals surface area contributed by atoms with Gasteiger partial charge in [0.15, 0.2) is 0 Å². The monoisotopic (exact) mass is 414 g/mol. The van der Waals surface area contributed by atoms with E-state index < -0.39 is 0 Å². The van der Waals surface area contributed by atoms with E-state index in [1.54, 1.807) is 6.07 Å².